The predicted octanol–water partition coefficient (Wildman–Crippen LogP) is 3.46. The minimum Gasteiger partial charge on any atom is -0.309 e. The third kappa shape index (κ3) is 2.63. The molecule has 1 saturated heterocycles. The average molecular weight is 269 g/mol. The average Bonchev–Trinajstić information content (AvgIpc) is 3.09. The number of rotatable bonds is 4. The molecule has 0 spiro atoms. The highest BCUT2D eigenvalue weighted by molar-refractivity contribution is 5.60. The van der Waals surface area contributed by atoms with Gasteiger partial charge in [0.15, 0.2) is 0 Å². The second-order valence-electron chi connectivity index (χ2n) is 5.67. The van der Waals surface area contributed by atoms with E-state index in [4.69, 9.17) is 0 Å². The van der Waals surface area contributed by atoms with E-state index in [0.29, 0.717) is 6.04 Å². The van der Waals surface area contributed by atoms with E-state index in [-0.39, 0.29) is 0 Å². The molecular formula is C17H23N3. The number of hydrogen-bond acceptors (Lipinski definition) is 2. The fourth-order valence-electron chi connectivity index (χ4n) is 3.02. The molecular weight excluding hydrogens is 246 g/mol. The number of benzene rings is 1. The lowest BCUT2D eigenvalue weighted by Crippen LogP contribution is -2.16. The molecule has 3 nitrogen and oxygen atoms in total. The standard InChI is InChI=1S/C17H23N3/c1-3-5-13-7-9-14(10-8-13)16-12-17(20(2)19-16)15-6-4-11-18-15/h7-10,12,15,18H,3-6,11H2,1-2H3. The zero-order chi connectivity index (χ0) is 13.9. The lowest BCUT2D eigenvalue weighted by molar-refractivity contribution is 0.574. The minimum atomic E-state index is 0.473. The first-order chi connectivity index (χ1) is 9.78. The SMILES string of the molecule is CCCc1ccc(-c2cc(C3CCCN3)n(C)n2)cc1. The molecule has 1 aromatic heterocycles. The molecule has 20 heavy (non-hydrogen) atoms. The van der Waals surface area contributed by atoms with Crippen LogP contribution < -0.4 is 5.32 Å². The number of hydrogen-bond donors (Lipinski definition) is 1. The molecule has 1 fully saturated rings. The van der Waals surface area contributed by atoms with Crippen LogP contribution in [0.2, 0.25) is 0 Å². The maximum atomic E-state index is 4.68. The molecule has 1 unspecified atom stereocenters. The topological polar surface area (TPSA) is 29.9 Å². The monoisotopic (exact) mass is 269 g/mol. The fraction of sp³-hybridized carbons (Fsp3) is 0.471. The van der Waals surface area contributed by atoms with E-state index in [9.17, 15) is 0 Å². The van der Waals surface area contributed by atoms with Gasteiger partial charge >= 0.3 is 0 Å². The zero-order valence-corrected chi connectivity index (χ0v) is 12.4. The molecule has 0 radical (unpaired) electrons. The predicted molar refractivity (Wildman–Crippen MR) is 82.6 cm³/mol. The van der Waals surface area contributed by atoms with Crippen molar-refractivity contribution < 1.29 is 0 Å². The van der Waals surface area contributed by atoms with E-state index < -0.39 is 0 Å². The Labute approximate surface area is 121 Å². The van der Waals surface area contributed by atoms with E-state index in [0.717, 1.165) is 18.7 Å². The molecule has 1 aliphatic heterocycles. The number of nitrogens with zero attached hydrogens (tertiary/aromatic N) is 2. The van der Waals surface area contributed by atoms with Crippen molar-refractivity contribution in [3.8, 4) is 11.3 Å². The molecule has 106 valence electrons. The van der Waals surface area contributed by atoms with Gasteiger partial charge in [0, 0.05) is 18.7 Å². The maximum Gasteiger partial charge on any atom is 0.0926 e. The van der Waals surface area contributed by atoms with Gasteiger partial charge in [0.05, 0.1) is 11.4 Å². The highest BCUT2D eigenvalue weighted by Gasteiger charge is 2.20. The van der Waals surface area contributed by atoms with Gasteiger partial charge in [-0.2, -0.15) is 5.10 Å². The van der Waals surface area contributed by atoms with Crippen LogP contribution in [0.1, 0.15) is 43.5 Å². The van der Waals surface area contributed by atoms with E-state index in [1.807, 2.05) is 11.7 Å². The Morgan fingerprint density at radius 2 is 2.10 bits per heavy atom. The van der Waals surface area contributed by atoms with Crippen molar-refractivity contribution in [1.29, 1.82) is 0 Å². The van der Waals surface area contributed by atoms with E-state index in [1.165, 1.54) is 36.1 Å². The van der Waals surface area contributed by atoms with Crippen LogP contribution in [0.5, 0.6) is 0 Å². The Morgan fingerprint density at radius 1 is 1.30 bits per heavy atom. The third-order valence-corrected chi connectivity index (χ3v) is 4.12. The van der Waals surface area contributed by atoms with Gasteiger partial charge in [-0.1, -0.05) is 37.6 Å². The maximum absolute atomic E-state index is 4.68. The quantitative estimate of drug-likeness (QED) is 0.921. The van der Waals surface area contributed by atoms with Crippen molar-refractivity contribution in [3.05, 3.63) is 41.6 Å². The summed E-state index contributed by atoms with van der Waals surface area (Å²) in [6.07, 6.45) is 4.82. The number of aryl methyl sites for hydroxylation is 2. The summed E-state index contributed by atoms with van der Waals surface area (Å²) in [5.41, 5.74) is 5.00. The van der Waals surface area contributed by atoms with Crippen LogP contribution in [0.4, 0.5) is 0 Å². The van der Waals surface area contributed by atoms with Gasteiger partial charge in [-0.25, -0.2) is 0 Å². The molecule has 0 aliphatic carbocycles. The normalized spacial score (nSPS) is 18.6. The van der Waals surface area contributed by atoms with Crippen LogP contribution in [0.15, 0.2) is 30.3 Å². The zero-order valence-electron chi connectivity index (χ0n) is 12.4. The molecule has 1 atom stereocenters. The van der Waals surface area contributed by atoms with Gasteiger partial charge in [0.2, 0.25) is 0 Å². The van der Waals surface area contributed by atoms with Gasteiger partial charge in [0.25, 0.3) is 0 Å². The highest BCUT2D eigenvalue weighted by atomic mass is 15.3. The van der Waals surface area contributed by atoms with E-state index in [2.05, 4.69) is 47.7 Å². The Hall–Kier alpha value is -1.61. The summed E-state index contributed by atoms with van der Waals surface area (Å²) in [4.78, 5) is 0. The summed E-state index contributed by atoms with van der Waals surface area (Å²) in [5, 5.41) is 8.22. The molecule has 0 amide bonds. The van der Waals surface area contributed by atoms with Gasteiger partial charge in [-0.05, 0) is 37.4 Å². The third-order valence-electron chi connectivity index (χ3n) is 4.12. The van der Waals surface area contributed by atoms with Gasteiger partial charge in [-0.15, -0.1) is 0 Å². The summed E-state index contributed by atoms with van der Waals surface area (Å²) in [6, 6.07) is 11.5. The molecule has 1 aromatic carbocycles. The first-order valence-corrected chi connectivity index (χ1v) is 7.64. The van der Waals surface area contributed by atoms with Crippen molar-refractivity contribution in [1.82, 2.24) is 15.1 Å². The lowest BCUT2D eigenvalue weighted by Gasteiger charge is -2.09. The van der Waals surface area contributed by atoms with Crippen LogP contribution in [0.3, 0.4) is 0 Å². The summed E-state index contributed by atoms with van der Waals surface area (Å²) in [7, 11) is 2.05. The molecule has 0 bridgehead atoms. The molecule has 1 N–H and O–H groups in total. The Kier molecular flexibility index (Phi) is 3.88. The first-order valence-electron chi connectivity index (χ1n) is 7.64. The molecule has 3 heteroatoms. The van der Waals surface area contributed by atoms with Crippen molar-refractivity contribution in [2.24, 2.45) is 7.05 Å². The molecule has 3 rings (SSSR count). The van der Waals surface area contributed by atoms with Gasteiger partial charge in [0.1, 0.15) is 0 Å². The van der Waals surface area contributed by atoms with Gasteiger partial charge < -0.3 is 5.32 Å². The molecule has 0 saturated carbocycles. The number of nitrogens with one attached hydrogen (secondary N) is 1. The van der Waals surface area contributed by atoms with E-state index >= 15 is 0 Å². The van der Waals surface area contributed by atoms with Crippen molar-refractivity contribution in [2.75, 3.05) is 6.54 Å². The summed E-state index contributed by atoms with van der Waals surface area (Å²) < 4.78 is 2.03. The Balaban J connectivity index is 1.84. The van der Waals surface area contributed by atoms with Crippen LogP contribution >= 0.6 is 0 Å². The molecule has 2 aromatic rings. The van der Waals surface area contributed by atoms with Crippen molar-refractivity contribution in [2.45, 2.75) is 38.6 Å². The van der Waals surface area contributed by atoms with Crippen molar-refractivity contribution >= 4 is 0 Å². The lowest BCUT2D eigenvalue weighted by atomic mass is 10.1. The number of aromatic nitrogens is 2. The van der Waals surface area contributed by atoms with Crippen LogP contribution in [-0.4, -0.2) is 16.3 Å². The molecule has 2 heterocycles. The second-order valence-corrected chi connectivity index (χ2v) is 5.67. The second kappa shape index (κ2) is 5.80. The highest BCUT2D eigenvalue weighted by Crippen LogP contribution is 2.27. The van der Waals surface area contributed by atoms with Crippen LogP contribution in [0.25, 0.3) is 11.3 Å². The Morgan fingerprint density at radius 3 is 2.75 bits per heavy atom. The largest absolute Gasteiger partial charge is 0.309 e. The fourth-order valence-corrected chi connectivity index (χ4v) is 3.02. The molecule has 1 aliphatic rings. The van der Waals surface area contributed by atoms with Crippen LogP contribution in [-0.2, 0) is 13.5 Å². The van der Waals surface area contributed by atoms with Crippen molar-refractivity contribution in [3.63, 3.8) is 0 Å². The summed E-state index contributed by atoms with van der Waals surface area (Å²) in [5.74, 6) is 0. The van der Waals surface area contributed by atoms with Crippen LogP contribution in [0, 0.1) is 0 Å². The Bertz CT molecular complexity index is 562. The van der Waals surface area contributed by atoms with Gasteiger partial charge in [-0.3, -0.25) is 4.68 Å². The van der Waals surface area contributed by atoms with E-state index in [1.54, 1.807) is 0 Å². The summed E-state index contributed by atoms with van der Waals surface area (Å²) >= 11 is 0. The summed E-state index contributed by atoms with van der Waals surface area (Å²) in [6.45, 7) is 3.34. The minimum absolute atomic E-state index is 0.473. The smallest absolute Gasteiger partial charge is 0.0926 e. The first kappa shape index (κ1) is 13.4.